The topological polar surface area (TPSA) is 3.24 Å². The number of hydrogen-bond acceptors (Lipinski definition) is 1. The third-order valence-corrected chi connectivity index (χ3v) is 4.80. The predicted octanol–water partition coefficient (Wildman–Crippen LogP) is 4.13. The van der Waals surface area contributed by atoms with Crippen LogP contribution in [-0.4, -0.2) is 22.8 Å². The van der Waals surface area contributed by atoms with E-state index < -0.39 is 0 Å². The minimum atomic E-state index is 0.672. The summed E-state index contributed by atoms with van der Waals surface area (Å²) < 4.78 is 0. The van der Waals surface area contributed by atoms with Crippen molar-refractivity contribution in [3.8, 4) is 0 Å². The van der Waals surface area contributed by atoms with Gasteiger partial charge in [0, 0.05) is 17.4 Å². The van der Waals surface area contributed by atoms with Gasteiger partial charge in [0.15, 0.2) is 0 Å². The van der Waals surface area contributed by atoms with Gasteiger partial charge in [0.1, 0.15) is 0 Å². The van der Waals surface area contributed by atoms with Crippen molar-refractivity contribution < 1.29 is 0 Å². The van der Waals surface area contributed by atoms with Crippen LogP contribution in [0.25, 0.3) is 0 Å². The number of hydrogen-bond donors (Lipinski definition) is 0. The highest BCUT2D eigenvalue weighted by molar-refractivity contribution is 9.09. The van der Waals surface area contributed by atoms with Crippen LogP contribution in [0, 0.1) is 6.92 Å². The Kier molecular flexibility index (Phi) is 4.63. The summed E-state index contributed by atoms with van der Waals surface area (Å²) in [5.41, 5.74) is 2.78. The first-order chi connectivity index (χ1) is 8.16. The number of nitrogens with zero attached hydrogens (tertiary/aromatic N) is 1. The second kappa shape index (κ2) is 6.01. The third kappa shape index (κ3) is 3.56. The lowest BCUT2D eigenvalue weighted by Gasteiger charge is -2.35. The van der Waals surface area contributed by atoms with E-state index in [4.69, 9.17) is 0 Å². The molecule has 1 fully saturated rings. The predicted molar refractivity (Wildman–Crippen MR) is 77.6 cm³/mol. The summed E-state index contributed by atoms with van der Waals surface area (Å²) in [7, 11) is 2.26. The van der Waals surface area contributed by atoms with Gasteiger partial charge in [0.05, 0.1) is 0 Å². The van der Waals surface area contributed by atoms with Crippen LogP contribution in [0.15, 0.2) is 24.3 Å². The van der Waals surface area contributed by atoms with Crippen LogP contribution in [0.4, 0.5) is 0 Å². The van der Waals surface area contributed by atoms with Gasteiger partial charge in [-0.05, 0) is 32.4 Å². The lowest BCUT2D eigenvalue weighted by Crippen LogP contribution is -2.40. The Balaban J connectivity index is 1.98. The first-order valence-electron chi connectivity index (χ1n) is 6.56. The molecule has 0 saturated heterocycles. The zero-order valence-electron chi connectivity index (χ0n) is 10.8. The van der Waals surface area contributed by atoms with Crippen molar-refractivity contribution in [1.29, 1.82) is 0 Å². The summed E-state index contributed by atoms with van der Waals surface area (Å²) in [5.74, 6) is 0. The zero-order valence-corrected chi connectivity index (χ0v) is 12.4. The first kappa shape index (κ1) is 13.1. The number of alkyl halides is 1. The second-order valence-electron chi connectivity index (χ2n) is 5.27. The monoisotopic (exact) mass is 295 g/mol. The number of rotatable bonds is 3. The van der Waals surface area contributed by atoms with Gasteiger partial charge in [-0.15, -0.1) is 0 Å². The molecule has 1 aliphatic rings. The van der Waals surface area contributed by atoms with E-state index >= 15 is 0 Å². The van der Waals surface area contributed by atoms with Crippen LogP contribution in [-0.2, 0) is 6.54 Å². The van der Waals surface area contributed by atoms with E-state index in [1.807, 2.05) is 0 Å². The van der Waals surface area contributed by atoms with Crippen LogP contribution in [0.2, 0.25) is 0 Å². The highest BCUT2D eigenvalue weighted by atomic mass is 79.9. The van der Waals surface area contributed by atoms with Crippen molar-refractivity contribution >= 4 is 15.9 Å². The molecular formula is C15H22BrN. The summed E-state index contributed by atoms with van der Waals surface area (Å²) in [6.07, 6.45) is 5.41. The number of aryl methyl sites for hydroxylation is 1. The van der Waals surface area contributed by atoms with Crippen molar-refractivity contribution in [2.24, 2.45) is 0 Å². The fourth-order valence-electron chi connectivity index (χ4n) is 2.78. The molecular weight excluding hydrogens is 274 g/mol. The maximum atomic E-state index is 3.84. The molecule has 0 radical (unpaired) electrons. The molecule has 0 aromatic heterocycles. The number of benzene rings is 1. The van der Waals surface area contributed by atoms with Gasteiger partial charge >= 0.3 is 0 Å². The summed E-state index contributed by atoms with van der Waals surface area (Å²) in [4.78, 5) is 3.18. The summed E-state index contributed by atoms with van der Waals surface area (Å²) >= 11 is 3.84. The second-order valence-corrected chi connectivity index (χ2v) is 6.45. The Morgan fingerprint density at radius 2 is 2.06 bits per heavy atom. The minimum absolute atomic E-state index is 0.672. The van der Waals surface area contributed by atoms with Gasteiger partial charge in [0.2, 0.25) is 0 Å². The van der Waals surface area contributed by atoms with E-state index in [1.165, 1.54) is 36.8 Å². The Morgan fingerprint density at radius 3 is 2.76 bits per heavy atom. The van der Waals surface area contributed by atoms with Crippen LogP contribution in [0.1, 0.15) is 36.8 Å². The Labute approximate surface area is 113 Å². The van der Waals surface area contributed by atoms with Crippen LogP contribution >= 0.6 is 15.9 Å². The highest BCUT2D eigenvalue weighted by Gasteiger charge is 2.25. The zero-order chi connectivity index (χ0) is 12.3. The highest BCUT2D eigenvalue weighted by Crippen LogP contribution is 2.28. The average molecular weight is 296 g/mol. The van der Waals surface area contributed by atoms with Crippen molar-refractivity contribution in [2.75, 3.05) is 7.05 Å². The normalized spacial score (nSPS) is 25.2. The third-order valence-electron chi connectivity index (χ3n) is 3.73. The van der Waals surface area contributed by atoms with E-state index in [0.29, 0.717) is 10.9 Å². The minimum Gasteiger partial charge on any atom is -0.298 e. The maximum absolute atomic E-state index is 3.84. The van der Waals surface area contributed by atoms with Gasteiger partial charge in [-0.1, -0.05) is 58.6 Å². The number of halogens is 1. The van der Waals surface area contributed by atoms with Gasteiger partial charge in [-0.3, -0.25) is 4.90 Å². The molecule has 94 valence electrons. The van der Waals surface area contributed by atoms with E-state index in [2.05, 4.69) is 59.1 Å². The maximum Gasteiger partial charge on any atom is 0.0301 e. The molecule has 0 bridgehead atoms. The Hall–Kier alpha value is -0.340. The van der Waals surface area contributed by atoms with Crippen molar-refractivity contribution in [3.63, 3.8) is 0 Å². The van der Waals surface area contributed by atoms with Crippen molar-refractivity contribution in [1.82, 2.24) is 4.90 Å². The molecule has 2 atom stereocenters. The molecule has 1 nitrogen and oxygen atoms in total. The molecule has 1 aliphatic carbocycles. The van der Waals surface area contributed by atoms with Crippen LogP contribution in [0.3, 0.4) is 0 Å². The molecule has 2 heteroatoms. The molecule has 2 rings (SSSR count). The molecule has 0 N–H and O–H groups in total. The molecule has 1 aromatic carbocycles. The molecule has 17 heavy (non-hydrogen) atoms. The van der Waals surface area contributed by atoms with Crippen molar-refractivity contribution in [3.05, 3.63) is 35.4 Å². The molecule has 1 saturated carbocycles. The largest absolute Gasteiger partial charge is 0.298 e. The van der Waals surface area contributed by atoms with E-state index in [1.54, 1.807) is 0 Å². The molecule has 0 aliphatic heterocycles. The lowest BCUT2D eigenvalue weighted by molar-refractivity contribution is 0.193. The lowest BCUT2D eigenvalue weighted by atomic mass is 9.94. The van der Waals surface area contributed by atoms with Crippen LogP contribution < -0.4 is 0 Å². The standard InChI is InChI=1S/C15H22BrN/c1-12-6-5-7-13(10-12)11-17(2)15-9-4-3-8-14(15)16/h5-7,10,14-15H,3-4,8-9,11H2,1-2H3. The molecule has 2 unspecified atom stereocenters. The van der Waals surface area contributed by atoms with Gasteiger partial charge in [-0.25, -0.2) is 0 Å². The van der Waals surface area contributed by atoms with E-state index in [-0.39, 0.29) is 0 Å². The molecule has 0 spiro atoms. The van der Waals surface area contributed by atoms with E-state index in [9.17, 15) is 0 Å². The Morgan fingerprint density at radius 1 is 1.29 bits per heavy atom. The smallest absolute Gasteiger partial charge is 0.0301 e. The Bertz CT molecular complexity index is 364. The SMILES string of the molecule is Cc1cccc(CN(C)C2CCCCC2Br)c1. The van der Waals surface area contributed by atoms with Gasteiger partial charge < -0.3 is 0 Å². The summed E-state index contributed by atoms with van der Waals surface area (Å²) in [6.45, 7) is 3.23. The summed E-state index contributed by atoms with van der Waals surface area (Å²) in [5, 5.41) is 0. The molecule has 0 heterocycles. The van der Waals surface area contributed by atoms with Gasteiger partial charge in [-0.2, -0.15) is 0 Å². The fraction of sp³-hybridized carbons (Fsp3) is 0.600. The van der Waals surface area contributed by atoms with Gasteiger partial charge in [0.25, 0.3) is 0 Å². The van der Waals surface area contributed by atoms with E-state index in [0.717, 1.165) is 6.54 Å². The first-order valence-corrected chi connectivity index (χ1v) is 7.48. The quantitative estimate of drug-likeness (QED) is 0.758. The molecule has 0 amide bonds. The summed E-state index contributed by atoms with van der Waals surface area (Å²) in [6, 6.07) is 9.55. The van der Waals surface area contributed by atoms with Crippen molar-refractivity contribution in [2.45, 2.75) is 50.0 Å². The fourth-order valence-corrected chi connectivity index (χ4v) is 3.77. The molecule has 1 aromatic rings. The van der Waals surface area contributed by atoms with Crippen LogP contribution in [0.5, 0.6) is 0 Å². The average Bonchev–Trinajstić information content (AvgIpc) is 2.29.